The molecule has 0 aliphatic rings. The molecule has 0 amide bonds. The van der Waals surface area contributed by atoms with E-state index < -0.39 is 0 Å². The minimum Gasteiger partial charge on any atom is -0.134 e. The molecule has 0 spiro atoms. The second-order valence-electron chi connectivity index (χ2n) is 10.5. The van der Waals surface area contributed by atoms with Gasteiger partial charge in [0.05, 0.1) is 0 Å². The highest BCUT2D eigenvalue weighted by atomic mass is 32.1. The summed E-state index contributed by atoms with van der Waals surface area (Å²) < 4.78 is 2.73. The van der Waals surface area contributed by atoms with Gasteiger partial charge in [-0.05, 0) is 62.0 Å². The van der Waals surface area contributed by atoms with Gasteiger partial charge in [-0.3, -0.25) is 0 Å². The van der Waals surface area contributed by atoms with Crippen molar-refractivity contribution in [2.24, 2.45) is 0 Å². The molecule has 1 heteroatoms. The maximum Gasteiger partial charge on any atom is 0.0440 e. The molecule has 1 heterocycles. The molecule has 0 saturated heterocycles. The Morgan fingerprint density at radius 3 is 1.77 bits per heavy atom. The SMILES string of the molecule is c1ccc(Cc2cccc(-c3cccc(-c4cccc5c4sc4c6ccccc6c6ccccc6c54)c3)c2)cc1. The van der Waals surface area contributed by atoms with Crippen LogP contribution in [0.25, 0.3) is 64.0 Å². The second kappa shape index (κ2) is 9.48. The molecular weight excluding hydrogens is 500 g/mol. The molecule has 1 aromatic heterocycles. The highest BCUT2D eigenvalue weighted by Gasteiger charge is 2.16. The van der Waals surface area contributed by atoms with Gasteiger partial charge in [-0.1, -0.05) is 140 Å². The molecule has 7 aromatic carbocycles. The van der Waals surface area contributed by atoms with Gasteiger partial charge in [-0.15, -0.1) is 11.3 Å². The van der Waals surface area contributed by atoms with Crippen LogP contribution in [-0.4, -0.2) is 0 Å². The third-order valence-electron chi connectivity index (χ3n) is 8.06. The van der Waals surface area contributed by atoms with E-state index in [0.29, 0.717) is 0 Å². The number of benzene rings is 7. The smallest absolute Gasteiger partial charge is 0.0440 e. The second-order valence-corrected chi connectivity index (χ2v) is 11.5. The predicted octanol–water partition coefficient (Wildman–Crippen LogP) is 11.3. The Morgan fingerprint density at radius 2 is 0.950 bits per heavy atom. The van der Waals surface area contributed by atoms with Gasteiger partial charge in [0.15, 0.2) is 0 Å². The number of fused-ring (bicyclic) bond motifs is 8. The van der Waals surface area contributed by atoms with E-state index in [1.165, 1.54) is 75.1 Å². The fourth-order valence-corrected chi connectivity index (χ4v) is 7.60. The molecule has 0 N–H and O–H groups in total. The van der Waals surface area contributed by atoms with Crippen LogP contribution in [0.3, 0.4) is 0 Å². The first-order valence-electron chi connectivity index (χ1n) is 13.8. The first-order chi connectivity index (χ1) is 19.8. The monoisotopic (exact) mass is 526 g/mol. The summed E-state index contributed by atoms with van der Waals surface area (Å²) in [7, 11) is 0. The highest BCUT2D eigenvalue weighted by Crippen LogP contribution is 2.46. The van der Waals surface area contributed by atoms with Crippen molar-refractivity contribution < 1.29 is 0 Å². The highest BCUT2D eigenvalue weighted by molar-refractivity contribution is 7.27. The number of hydrogen-bond acceptors (Lipinski definition) is 1. The van der Waals surface area contributed by atoms with Crippen LogP contribution in [0.15, 0.2) is 146 Å². The van der Waals surface area contributed by atoms with Gasteiger partial charge in [0.2, 0.25) is 0 Å². The summed E-state index contributed by atoms with van der Waals surface area (Å²) in [5, 5.41) is 8.05. The molecule has 0 unspecified atom stereocenters. The van der Waals surface area contributed by atoms with E-state index >= 15 is 0 Å². The van der Waals surface area contributed by atoms with Gasteiger partial charge in [-0.25, -0.2) is 0 Å². The van der Waals surface area contributed by atoms with Crippen LogP contribution in [0.1, 0.15) is 11.1 Å². The van der Waals surface area contributed by atoms with E-state index in [9.17, 15) is 0 Å². The normalized spacial score (nSPS) is 11.6. The van der Waals surface area contributed by atoms with E-state index in [0.717, 1.165) is 6.42 Å². The molecule has 0 aliphatic carbocycles. The average molecular weight is 527 g/mol. The summed E-state index contributed by atoms with van der Waals surface area (Å²) in [5.41, 5.74) is 7.74. The van der Waals surface area contributed by atoms with Crippen molar-refractivity contribution in [1.29, 1.82) is 0 Å². The molecule has 0 nitrogen and oxygen atoms in total. The van der Waals surface area contributed by atoms with E-state index in [2.05, 4.69) is 146 Å². The maximum absolute atomic E-state index is 2.36. The minimum absolute atomic E-state index is 0.942. The van der Waals surface area contributed by atoms with E-state index in [-0.39, 0.29) is 0 Å². The van der Waals surface area contributed by atoms with Crippen molar-refractivity contribution in [3.8, 4) is 22.3 Å². The first-order valence-corrected chi connectivity index (χ1v) is 14.6. The Bertz CT molecular complexity index is 2180. The van der Waals surface area contributed by atoms with E-state index in [4.69, 9.17) is 0 Å². The van der Waals surface area contributed by atoms with Crippen molar-refractivity contribution in [1.82, 2.24) is 0 Å². The summed E-state index contributed by atoms with van der Waals surface area (Å²) in [4.78, 5) is 0. The predicted molar refractivity (Wildman–Crippen MR) is 174 cm³/mol. The van der Waals surface area contributed by atoms with Crippen LogP contribution < -0.4 is 0 Å². The van der Waals surface area contributed by atoms with Crippen molar-refractivity contribution in [3.63, 3.8) is 0 Å². The van der Waals surface area contributed by atoms with Crippen molar-refractivity contribution >= 4 is 53.1 Å². The van der Waals surface area contributed by atoms with Gasteiger partial charge < -0.3 is 0 Å². The van der Waals surface area contributed by atoms with Gasteiger partial charge in [-0.2, -0.15) is 0 Å². The largest absolute Gasteiger partial charge is 0.134 e. The fourth-order valence-electron chi connectivity index (χ4n) is 6.21. The molecule has 0 radical (unpaired) electrons. The molecule has 188 valence electrons. The Kier molecular flexibility index (Phi) is 5.50. The molecule has 8 rings (SSSR count). The lowest BCUT2D eigenvalue weighted by molar-refractivity contribution is 1.19. The topological polar surface area (TPSA) is 0 Å². The van der Waals surface area contributed by atoms with Crippen LogP contribution in [0.2, 0.25) is 0 Å². The van der Waals surface area contributed by atoms with Crippen molar-refractivity contribution in [2.45, 2.75) is 6.42 Å². The average Bonchev–Trinajstić information content (AvgIpc) is 3.42. The summed E-state index contributed by atoms with van der Waals surface area (Å²) in [6.45, 7) is 0. The molecule has 0 aliphatic heterocycles. The lowest BCUT2D eigenvalue weighted by atomic mass is 9.94. The Morgan fingerprint density at radius 1 is 0.375 bits per heavy atom. The van der Waals surface area contributed by atoms with Crippen molar-refractivity contribution in [2.75, 3.05) is 0 Å². The third kappa shape index (κ3) is 3.82. The Balaban J connectivity index is 1.29. The first kappa shape index (κ1) is 23.2. The van der Waals surface area contributed by atoms with Crippen LogP contribution in [0, 0.1) is 0 Å². The summed E-state index contributed by atoms with van der Waals surface area (Å²) in [6, 6.07) is 53.3. The van der Waals surface area contributed by atoms with Gasteiger partial charge in [0.1, 0.15) is 0 Å². The van der Waals surface area contributed by atoms with Gasteiger partial charge >= 0.3 is 0 Å². The van der Waals surface area contributed by atoms with Crippen molar-refractivity contribution in [3.05, 3.63) is 157 Å². The Hall–Kier alpha value is -4.72. The molecule has 8 aromatic rings. The lowest BCUT2D eigenvalue weighted by Gasteiger charge is -2.09. The summed E-state index contributed by atoms with van der Waals surface area (Å²) in [5.74, 6) is 0. The summed E-state index contributed by atoms with van der Waals surface area (Å²) >= 11 is 1.93. The van der Waals surface area contributed by atoms with E-state index in [1.807, 2.05) is 11.3 Å². The van der Waals surface area contributed by atoms with Crippen LogP contribution in [-0.2, 0) is 6.42 Å². The van der Waals surface area contributed by atoms with Crippen LogP contribution in [0.5, 0.6) is 0 Å². The quantitative estimate of drug-likeness (QED) is 0.200. The molecular formula is C39H26S. The molecule has 0 atom stereocenters. The number of rotatable bonds is 4. The zero-order valence-corrected chi connectivity index (χ0v) is 22.8. The van der Waals surface area contributed by atoms with Crippen LogP contribution in [0.4, 0.5) is 0 Å². The number of thiophene rings is 1. The minimum atomic E-state index is 0.942. The fraction of sp³-hybridized carbons (Fsp3) is 0.0256. The zero-order valence-electron chi connectivity index (χ0n) is 22.0. The molecule has 0 fully saturated rings. The lowest BCUT2D eigenvalue weighted by Crippen LogP contribution is -1.89. The standard InChI is InChI=1S/C39H26S/c1-2-11-26(12-3-1)23-27-13-8-14-28(24-27)29-15-9-16-30(25-29)31-21-10-22-36-37-34-19-6-4-17-32(34)33-18-5-7-20-35(33)39(37)40-38(31)36/h1-22,24-25H,23H2. The zero-order chi connectivity index (χ0) is 26.5. The molecule has 0 bridgehead atoms. The third-order valence-corrected chi connectivity index (χ3v) is 9.33. The summed E-state index contributed by atoms with van der Waals surface area (Å²) in [6.07, 6.45) is 0.942. The number of hydrogen-bond donors (Lipinski definition) is 0. The maximum atomic E-state index is 2.36. The van der Waals surface area contributed by atoms with Gasteiger partial charge in [0.25, 0.3) is 0 Å². The van der Waals surface area contributed by atoms with Gasteiger partial charge in [0, 0.05) is 25.6 Å². The molecule has 40 heavy (non-hydrogen) atoms. The Labute approximate surface area is 237 Å². The molecule has 0 saturated carbocycles. The van der Waals surface area contributed by atoms with E-state index in [1.54, 1.807) is 0 Å². The van der Waals surface area contributed by atoms with Crippen LogP contribution >= 0.6 is 11.3 Å².